The molecule has 0 aliphatic carbocycles. The number of piperidine rings is 1. The van der Waals surface area contributed by atoms with Crippen molar-refractivity contribution in [2.75, 3.05) is 13.1 Å². The molecular weight excluding hydrogens is 266 g/mol. The molecule has 2 rings (SSSR count). The lowest BCUT2D eigenvalue weighted by molar-refractivity contribution is 0.0915. The van der Waals surface area contributed by atoms with E-state index in [2.05, 4.69) is 12.2 Å². The standard InChI is InChI=1S/C7H8O3S.C6H13NO/c1-6-2-4-7(5-3-6)11(8,9)10;1-5-2-3-7-4-6(5)8/h2-5H,1H3,(H,8,9,10);5-8H,2-4H2,1H3/t;5-,6+/m.0/s1. The highest BCUT2D eigenvalue weighted by Gasteiger charge is 2.16. The van der Waals surface area contributed by atoms with Crippen molar-refractivity contribution in [3.8, 4) is 0 Å². The summed E-state index contributed by atoms with van der Waals surface area (Å²) in [6, 6.07) is 5.99. The Morgan fingerprint density at radius 3 is 2.21 bits per heavy atom. The molecule has 1 saturated heterocycles. The zero-order chi connectivity index (χ0) is 14.5. The Bertz CT molecular complexity index is 474. The van der Waals surface area contributed by atoms with Crippen LogP contribution in [0.5, 0.6) is 0 Å². The average Bonchev–Trinajstić information content (AvgIpc) is 2.33. The van der Waals surface area contributed by atoms with Crippen molar-refractivity contribution < 1.29 is 18.1 Å². The number of hydrogen-bond donors (Lipinski definition) is 3. The van der Waals surface area contributed by atoms with Gasteiger partial charge in [-0.2, -0.15) is 8.42 Å². The topological polar surface area (TPSA) is 86.6 Å². The molecule has 1 aliphatic rings. The monoisotopic (exact) mass is 287 g/mol. The van der Waals surface area contributed by atoms with Gasteiger partial charge in [-0.15, -0.1) is 0 Å². The number of benzene rings is 1. The first kappa shape index (κ1) is 16.1. The number of aryl methyl sites for hydroxylation is 1. The van der Waals surface area contributed by atoms with Crippen LogP contribution in [0.1, 0.15) is 18.9 Å². The van der Waals surface area contributed by atoms with Gasteiger partial charge in [0.25, 0.3) is 10.1 Å². The van der Waals surface area contributed by atoms with Crippen LogP contribution in [-0.4, -0.2) is 37.3 Å². The minimum atomic E-state index is -4.02. The molecule has 1 aromatic carbocycles. The lowest BCUT2D eigenvalue weighted by Gasteiger charge is -2.24. The molecule has 19 heavy (non-hydrogen) atoms. The number of aliphatic hydroxyl groups excluding tert-OH is 1. The Hall–Kier alpha value is -0.950. The molecule has 3 N–H and O–H groups in total. The lowest BCUT2D eigenvalue weighted by Crippen LogP contribution is -2.39. The minimum Gasteiger partial charge on any atom is -0.392 e. The maximum Gasteiger partial charge on any atom is 0.294 e. The van der Waals surface area contributed by atoms with Gasteiger partial charge in [-0.3, -0.25) is 4.55 Å². The molecule has 108 valence electrons. The largest absolute Gasteiger partial charge is 0.392 e. The maximum absolute atomic E-state index is 10.5. The molecule has 1 fully saturated rings. The molecule has 6 heteroatoms. The number of nitrogens with one attached hydrogen (secondary N) is 1. The summed E-state index contributed by atoms with van der Waals surface area (Å²) in [5, 5.41) is 12.2. The summed E-state index contributed by atoms with van der Waals surface area (Å²) in [4.78, 5) is -0.0666. The quantitative estimate of drug-likeness (QED) is 0.676. The second-order valence-electron chi connectivity index (χ2n) is 4.83. The van der Waals surface area contributed by atoms with E-state index in [4.69, 9.17) is 9.66 Å². The smallest absolute Gasteiger partial charge is 0.294 e. The SMILES string of the molecule is C[C@H]1CCNC[C@H]1O.Cc1ccc(S(=O)(=O)O)cc1. The number of aliphatic hydroxyl groups is 1. The highest BCUT2D eigenvalue weighted by molar-refractivity contribution is 7.85. The first-order valence-corrected chi connectivity index (χ1v) is 7.67. The molecule has 5 nitrogen and oxygen atoms in total. The molecule has 1 aliphatic heterocycles. The van der Waals surface area contributed by atoms with E-state index in [1.807, 2.05) is 6.92 Å². The van der Waals surface area contributed by atoms with Crippen molar-refractivity contribution in [2.24, 2.45) is 5.92 Å². The zero-order valence-corrected chi connectivity index (χ0v) is 12.0. The molecule has 0 bridgehead atoms. The maximum atomic E-state index is 10.5. The van der Waals surface area contributed by atoms with Crippen LogP contribution in [0.4, 0.5) is 0 Å². The summed E-state index contributed by atoms with van der Waals surface area (Å²) in [6.45, 7) is 5.78. The van der Waals surface area contributed by atoms with Crippen LogP contribution in [0.3, 0.4) is 0 Å². The second-order valence-corrected chi connectivity index (χ2v) is 6.25. The third kappa shape index (κ3) is 5.69. The van der Waals surface area contributed by atoms with Gasteiger partial charge in [0.1, 0.15) is 0 Å². The molecular formula is C13H21NO4S. The highest BCUT2D eigenvalue weighted by Crippen LogP contribution is 2.10. The van der Waals surface area contributed by atoms with Gasteiger partial charge < -0.3 is 10.4 Å². The average molecular weight is 287 g/mol. The van der Waals surface area contributed by atoms with Crippen molar-refractivity contribution in [3.63, 3.8) is 0 Å². The third-order valence-electron chi connectivity index (χ3n) is 3.11. The zero-order valence-electron chi connectivity index (χ0n) is 11.2. The molecule has 0 amide bonds. The van der Waals surface area contributed by atoms with Crippen molar-refractivity contribution in [1.82, 2.24) is 5.32 Å². The van der Waals surface area contributed by atoms with Crippen molar-refractivity contribution in [3.05, 3.63) is 29.8 Å². The first-order chi connectivity index (χ1) is 8.80. The molecule has 0 saturated carbocycles. The van der Waals surface area contributed by atoms with Gasteiger partial charge in [-0.25, -0.2) is 0 Å². The van der Waals surface area contributed by atoms with E-state index in [1.54, 1.807) is 12.1 Å². The summed E-state index contributed by atoms with van der Waals surface area (Å²) in [5.41, 5.74) is 0.956. The molecule has 0 aromatic heterocycles. The van der Waals surface area contributed by atoms with Crippen molar-refractivity contribution in [2.45, 2.75) is 31.3 Å². The summed E-state index contributed by atoms with van der Waals surface area (Å²) in [6.07, 6.45) is 1.00. The van der Waals surface area contributed by atoms with E-state index >= 15 is 0 Å². The fourth-order valence-electron chi connectivity index (χ4n) is 1.68. The van der Waals surface area contributed by atoms with Gasteiger partial charge in [-0.05, 0) is 37.9 Å². The van der Waals surface area contributed by atoms with Crippen LogP contribution in [0.25, 0.3) is 0 Å². The fraction of sp³-hybridized carbons (Fsp3) is 0.538. The fourth-order valence-corrected chi connectivity index (χ4v) is 2.16. The third-order valence-corrected chi connectivity index (χ3v) is 3.97. The van der Waals surface area contributed by atoms with Gasteiger partial charge in [0.05, 0.1) is 11.0 Å². The van der Waals surface area contributed by atoms with Gasteiger partial charge in [0.15, 0.2) is 0 Å². The van der Waals surface area contributed by atoms with Crippen LogP contribution in [0, 0.1) is 12.8 Å². The van der Waals surface area contributed by atoms with Crippen LogP contribution in [-0.2, 0) is 10.1 Å². The number of β-amino-alcohol motifs (C(OH)–C–C–N with tert-alkyl or cyclic N) is 1. The lowest BCUT2D eigenvalue weighted by atomic mass is 9.98. The molecule has 1 aromatic rings. The van der Waals surface area contributed by atoms with Crippen molar-refractivity contribution >= 4 is 10.1 Å². The number of hydrogen-bond acceptors (Lipinski definition) is 4. The van der Waals surface area contributed by atoms with Gasteiger partial charge >= 0.3 is 0 Å². The normalized spacial score (nSPS) is 23.4. The van der Waals surface area contributed by atoms with Crippen LogP contribution < -0.4 is 5.32 Å². The summed E-state index contributed by atoms with van der Waals surface area (Å²) >= 11 is 0. The van der Waals surface area contributed by atoms with Crippen LogP contribution >= 0.6 is 0 Å². The Kier molecular flexibility index (Phi) is 5.93. The van der Waals surface area contributed by atoms with Crippen molar-refractivity contribution in [1.29, 1.82) is 0 Å². The van der Waals surface area contributed by atoms with E-state index in [-0.39, 0.29) is 11.0 Å². The van der Waals surface area contributed by atoms with E-state index in [1.165, 1.54) is 12.1 Å². The summed E-state index contributed by atoms with van der Waals surface area (Å²) in [5.74, 6) is 0.497. The van der Waals surface area contributed by atoms with Gasteiger partial charge in [0, 0.05) is 6.54 Å². The Morgan fingerprint density at radius 1 is 1.26 bits per heavy atom. The van der Waals surface area contributed by atoms with E-state index < -0.39 is 10.1 Å². The highest BCUT2D eigenvalue weighted by atomic mass is 32.2. The minimum absolute atomic E-state index is 0.0666. The van der Waals surface area contributed by atoms with Crippen LogP contribution in [0.15, 0.2) is 29.2 Å². The molecule has 2 atom stereocenters. The Balaban J connectivity index is 0.000000200. The summed E-state index contributed by atoms with van der Waals surface area (Å²) in [7, 11) is -4.02. The van der Waals surface area contributed by atoms with E-state index in [0.29, 0.717) is 5.92 Å². The molecule has 1 heterocycles. The first-order valence-electron chi connectivity index (χ1n) is 6.23. The van der Waals surface area contributed by atoms with Gasteiger partial charge in [-0.1, -0.05) is 24.6 Å². The predicted molar refractivity (Wildman–Crippen MR) is 73.7 cm³/mol. The Morgan fingerprint density at radius 2 is 1.84 bits per heavy atom. The molecule has 0 radical (unpaired) electrons. The Labute approximate surface area is 114 Å². The summed E-state index contributed by atoms with van der Waals surface area (Å²) < 4.78 is 29.6. The predicted octanol–water partition coefficient (Wildman–Crippen LogP) is 1.22. The van der Waals surface area contributed by atoms with Crippen LogP contribution in [0.2, 0.25) is 0 Å². The molecule has 0 unspecified atom stereocenters. The van der Waals surface area contributed by atoms with E-state index in [0.717, 1.165) is 25.1 Å². The van der Waals surface area contributed by atoms with Gasteiger partial charge in [0.2, 0.25) is 0 Å². The number of rotatable bonds is 1. The van der Waals surface area contributed by atoms with E-state index in [9.17, 15) is 8.42 Å². The second kappa shape index (κ2) is 7.00. The molecule has 0 spiro atoms.